The Morgan fingerprint density at radius 3 is 1.28 bits per heavy atom. The second-order valence-electron chi connectivity index (χ2n) is 27.6. The smallest absolute Gasteiger partial charge is 0.160 e. The minimum atomic E-state index is -0.362. The third-order valence-electron chi connectivity index (χ3n) is 20.7. The number of para-hydroxylation sites is 1. The second kappa shape index (κ2) is 26.8. The lowest BCUT2D eigenvalue weighted by atomic mass is 9.80. The number of aromatic nitrogens is 7. The van der Waals surface area contributed by atoms with E-state index in [1.54, 1.807) is 0 Å². The highest BCUT2D eigenvalue weighted by Crippen LogP contribution is 2.48. The SMILES string of the molecule is CC1(c2cc(-c3cc(-c4cc(-c5ccccc5)nc(-c5ccc(-c6ccc7cc(-c8c9ccccc9c(-c9ccc%10ccccc%10c9)c9nc(-c%10ccccc%10)n(-c%10ccccc%10)c89)ccc7c6)cc5)c4)cc(-c4cc(-c5ccccc5)nc(-c5ccccc5)n4)c3)nc(-c3ccccc3)n2)C=CC=CC1. The van der Waals surface area contributed by atoms with Crippen LogP contribution in [0.4, 0.5) is 0 Å². The van der Waals surface area contributed by atoms with Crippen LogP contribution < -0.4 is 0 Å². The van der Waals surface area contributed by atoms with Crippen LogP contribution in [-0.2, 0) is 5.41 Å². The number of pyridine rings is 1. The highest BCUT2D eigenvalue weighted by Gasteiger charge is 2.29. The van der Waals surface area contributed by atoms with Gasteiger partial charge in [0.1, 0.15) is 5.82 Å². The van der Waals surface area contributed by atoms with Crippen molar-refractivity contribution in [2.75, 3.05) is 0 Å². The zero-order valence-corrected chi connectivity index (χ0v) is 58.1. The van der Waals surface area contributed by atoms with Crippen molar-refractivity contribution >= 4 is 43.4 Å². The highest BCUT2D eigenvalue weighted by molar-refractivity contribution is 6.21. The predicted molar refractivity (Wildman–Crippen MR) is 438 cm³/mol. The molecular formula is C99H67N7. The lowest BCUT2D eigenvalue weighted by Crippen LogP contribution is -2.22. The summed E-state index contributed by atoms with van der Waals surface area (Å²) in [6.07, 6.45) is 9.54. The summed E-state index contributed by atoms with van der Waals surface area (Å²) in [6, 6.07) is 125. The fourth-order valence-electron chi connectivity index (χ4n) is 15.2. The number of benzene rings is 14. The van der Waals surface area contributed by atoms with Gasteiger partial charge < -0.3 is 0 Å². The molecule has 4 heterocycles. The summed E-state index contributed by atoms with van der Waals surface area (Å²) in [6.45, 7) is 2.26. The molecule has 19 rings (SSSR count). The topological polar surface area (TPSA) is 82.3 Å². The summed E-state index contributed by atoms with van der Waals surface area (Å²) >= 11 is 0. The summed E-state index contributed by atoms with van der Waals surface area (Å²) in [7, 11) is 0. The number of nitrogens with zero attached hydrogens (tertiary/aromatic N) is 7. The molecule has 0 bridgehead atoms. The van der Waals surface area contributed by atoms with E-state index in [1.807, 2.05) is 42.5 Å². The Labute approximate surface area is 615 Å². The molecule has 0 amide bonds. The highest BCUT2D eigenvalue weighted by atomic mass is 15.1. The Hall–Kier alpha value is -13.9. The van der Waals surface area contributed by atoms with Gasteiger partial charge >= 0.3 is 0 Å². The van der Waals surface area contributed by atoms with Crippen molar-refractivity contribution < 1.29 is 0 Å². The molecule has 1 atom stereocenters. The number of fused-ring (bicyclic) bond motifs is 4. The van der Waals surface area contributed by atoms with Crippen LogP contribution in [0.15, 0.2) is 376 Å². The first kappa shape index (κ1) is 63.1. The van der Waals surface area contributed by atoms with E-state index >= 15 is 0 Å². The van der Waals surface area contributed by atoms with Gasteiger partial charge in [0.25, 0.3) is 0 Å². The minimum Gasteiger partial charge on any atom is -0.292 e. The normalized spacial score (nSPS) is 13.4. The van der Waals surface area contributed by atoms with Crippen molar-refractivity contribution in [3.8, 4) is 141 Å². The molecule has 498 valence electrons. The van der Waals surface area contributed by atoms with E-state index in [0.29, 0.717) is 11.6 Å². The van der Waals surface area contributed by atoms with E-state index in [0.717, 1.165) is 174 Å². The fourth-order valence-corrected chi connectivity index (χ4v) is 15.2. The third-order valence-corrected chi connectivity index (χ3v) is 20.7. The Morgan fingerprint density at radius 1 is 0.274 bits per heavy atom. The molecule has 1 aliphatic carbocycles. The molecule has 7 nitrogen and oxygen atoms in total. The molecule has 0 aliphatic heterocycles. The van der Waals surface area contributed by atoms with Crippen molar-refractivity contribution in [2.45, 2.75) is 18.8 Å². The third kappa shape index (κ3) is 11.9. The molecule has 0 radical (unpaired) electrons. The fraction of sp³-hybridized carbons (Fsp3) is 0.0303. The molecule has 1 unspecified atom stereocenters. The second-order valence-corrected chi connectivity index (χ2v) is 27.6. The molecule has 0 fully saturated rings. The molecule has 0 spiro atoms. The van der Waals surface area contributed by atoms with Crippen molar-refractivity contribution in [1.29, 1.82) is 0 Å². The first-order valence-electron chi connectivity index (χ1n) is 36.1. The monoisotopic (exact) mass is 1350 g/mol. The molecule has 0 saturated carbocycles. The maximum absolute atomic E-state index is 5.74. The Morgan fingerprint density at radius 2 is 0.689 bits per heavy atom. The molecule has 1 aliphatic rings. The van der Waals surface area contributed by atoms with Crippen LogP contribution in [-0.4, -0.2) is 34.5 Å². The number of hydrogen-bond acceptors (Lipinski definition) is 6. The Kier molecular flexibility index (Phi) is 16.0. The molecule has 14 aromatic carbocycles. The lowest BCUT2D eigenvalue weighted by Gasteiger charge is -2.27. The number of allylic oxidation sites excluding steroid dienone is 4. The molecule has 106 heavy (non-hydrogen) atoms. The average Bonchev–Trinajstić information content (AvgIpc) is 1.51. The van der Waals surface area contributed by atoms with Gasteiger partial charge in [-0.15, -0.1) is 0 Å². The Balaban J connectivity index is 0.736. The summed E-state index contributed by atoms with van der Waals surface area (Å²) < 4.78 is 2.38. The molecule has 7 heteroatoms. The van der Waals surface area contributed by atoms with Crippen LogP contribution in [0.25, 0.3) is 184 Å². The van der Waals surface area contributed by atoms with Gasteiger partial charge in [-0.3, -0.25) is 4.57 Å². The largest absolute Gasteiger partial charge is 0.292 e. The summed E-state index contributed by atoms with van der Waals surface area (Å²) in [5.41, 5.74) is 24.2. The van der Waals surface area contributed by atoms with Crippen LogP contribution in [0.3, 0.4) is 0 Å². The summed E-state index contributed by atoms with van der Waals surface area (Å²) in [4.78, 5) is 32.7. The van der Waals surface area contributed by atoms with Crippen LogP contribution in [0.2, 0.25) is 0 Å². The molecular weight excluding hydrogens is 1290 g/mol. The van der Waals surface area contributed by atoms with Gasteiger partial charge in [0, 0.05) is 66.7 Å². The maximum Gasteiger partial charge on any atom is 0.160 e. The average molecular weight is 1350 g/mol. The quantitative estimate of drug-likeness (QED) is 0.108. The number of imidazole rings is 1. The van der Waals surface area contributed by atoms with Gasteiger partial charge in [0.15, 0.2) is 11.6 Å². The Bertz CT molecular complexity index is 6400. The predicted octanol–water partition coefficient (Wildman–Crippen LogP) is 25.2. The molecule has 0 saturated heterocycles. The molecule has 4 aromatic heterocycles. The van der Waals surface area contributed by atoms with Gasteiger partial charge in [0.05, 0.1) is 45.2 Å². The minimum absolute atomic E-state index is 0.362. The zero-order chi connectivity index (χ0) is 70.5. The summed E-state index contributed by atoms with van der Waals surface area (Å²) in [5, 5.41) is 6.99. The van der Waals surface area contributed by atoms with Crippen molar-refractivity contribution in [2.24, 2.45) is 0 Å². The lowest BCUT2D eigenvalue weighted by molar-refractivity contribution is 0.578. The van der Waals surface area contributed by atoms with Crippen molar-refractivity contribution in [3.05, 3.63) is 382 Å². The van der Waals surface area contributed by atoms with Crippen LogP contribution in [0, 0.1) is 0 Å². The standard InChI is InChI=1S/C99H67N7/c1-99(53-25-8-26-54-99)91-64-90(103-97(104-91)71-34-15-5-16-35-71)82-59-79(58-81(60-82)89-63-88(68-30-11-3-12-31-68)101-96(102-89)70-32-13-4-14-33-70)80-61-86(67-28-9-2-10-29-67)100-87(62-80)69-46-43-66(44-47-69)74-48-49-76-57-78(52-50-75(76)55-74)93-85-42-24-23-41-84(85)92(77-51-45-65-27-21-22-38-73(65)56-77)94-95(93)106(83-39-19-7-20-40-83)98(105-94)72-36-17-6-18-37-72/h2-53,55-64H,54H2,1H3. The van der Waals surface area contributed by atoms with Crippen LogP contribution >= 0.6 is 0 Å². The van der Waals surface area contributed by atoms with Gasteiger partial charge in [-0.2, -0.15) is 0 Å². The zero-order valence-electron chi connectivity index (χ0n) is 58.1. The van der Waals surface area contributed by atoms with E-state index in [4.69, 9.17) is 29.9 Å². The van der Waals surface area contributed by atoms with E-state index in [9.17, 15) is 0 Å². The van der Waals surface area contributed by atoms with Crippen LogP contribution in [0.1, 0.15) is 19.0 Å². The number of hydrogen-bond donors (Lipinski definition) is 0. The van der Waals surface area contributed by atoms with Crippen molar-refractivity contribution in [3.63, 3.8) is 0 Å². The van der Waals surface area contributed by atoms with E-state index in [-0.39, 0.29) is 5.41 Å². The first-order valence-corrected chi connectivity index (χ1v) is 36.1. The number of rotatable bonds is 14. The van der Waals surface area contributed by atoms with Gasteiger partial charge in [-0.25, -0.2) is 29.9 Å². The van der Waals surface area contributed by atoms with Crippen LogP contribution in [0.5, 0.6) is 0 Å². The van der Waals surface area contributed by atoms with Gasteiger partial charge in [0.2, 0.25) is 0 Å². The first-order chi connectivity index (χ1) is 52.3. The van der Waals surface area contributed by atoms with E-state index < -0.39 is 0 Å². The maximum atomic E-state index is 5.74. The van der Waals surface area contributed by atoms with E-state index in [2.05, 4.69) is 345 Å². The molecule has 0 N–H and O–H groups in total. The van der Waals surface area contributed by atoms with Crippen molar-refractivity contribution in [1.82, 2.24) is 34.5 Å². The van der Waals surface area contributed by atoms with Gasteiger partial charge in [-0.05, 0) is 145 Å². The van der Waals surface area contributed by atoms with E-state index in [1.165, 1.54) is 10.8 Å². The molecule has 18 aromatic rings. The summed E-state index contributed by atoms with van der Waals surface area (Å²) in [5.74, 6) is 2.19. The van der Waals surface area contributed by atoms with Gasteiger partial charge in [-0.1, -0.05) is 310 Å².